The van der Waals surface area contributed by atoms with Gasteiger partial charge in [-0.15, -0.1) is 0 Å². The number of nitrogens with zero attached hydrogens (tertiary/aromatic N) is 1. The van der Waals surface area contributed by atoms with Crippen molar-refractivity contribution in [3.8, 4) is 6.07 Å². The Morgan fingerprint density at radius 1 is 0.586 bits per heavy atom. The lowest BCUT2D eigenvalue weighted by molar-refractivity contribution is 1.06. The van der Waals surface area contributed by atoms with E-state index in [-0.39, 0.29) is 5.92 Å². The third-order valence-corrected chi connectivity index (χ3v) is 5.62. The van der Waals surface area contributed by atoms with Crippen LogP contribution in [0.25, 0.3) is 11.1 Å². The Bertz CT molecular complexity index is 1230. The fourth-order valence-electron chi connectivity index (χ4n) is 4.44. The average molecular weight is 369 g/mol. The summed E-state index contributed by atoms with van der Waals surface area (Å²) >= 11 is 0. The van der Waals surface area contributed by atoms with E-state index in [4.69, 9.17) is 0 Å². The summed E-state index contributed by atoms with van der Waals surface area (Å²) < 4.78 is 0. The van der Waals surface area contributed by atoms with Gasteiger partial charge in [0, 0.05) is 11.5 Å². The van der Waals surface area contributed by atoms with Gasteiger partial charge in [-0.2, -0.15) is 5.26 Å². The Morgan fingerprint density at radius 3 is 1.79 bits per heavy atom. The minimum Gasteiger partial charge on any atom is -0.192 e. The van der Waals surface area contributed by atoms with Crippen LogP contribution >= 0.6 is 0 Å². The molecule has 1 nitrogen and oxygen atoms in total. The van der Waals surface area contributed by atoms with Crippen LogP contribution in [0, 0.1) is 11.3 Å². The molecule has 1 unspecified atom stereocenters. The van der Waals surface area contributed by atoms with Gasteiger partial charge in [0.1, 0.15) is 0 Å². The first-order valence-corrected chi connectivity index (χ1v) is 9.82. The molecule has 1 atom stereocenters. The fraction of sp³-hybridized carbons (Fsp3) is 0.0357. The normalized spacial score (nSPS) is 15.1. The second-order valence-corrected chi connectivity index (χ2v) is 7.25. The van der Waals surface area contributed by atoms with E-state index in [1.165, 1.54) is 22.3 Å². The number of rotatable bonds is 3. The van der Waals surface area contributed by atoms with Gasteiger partial charge in [0.15, 0.2) is 0 Å². The molecule has 0 aromatic heterocycles. The molecule has 0 radical (unpaired) electrons. The largest absolute Gasteiger partial charge is 0.192 e. The molecule has 1 aliphatic rings. The minimum absolute atomic E-state index is 0.0945. The molecule has 5 rings (SSSR count). The zero-order valence-electron chi connectivity index (χ0n) is 15.9. The predicted molar refractivity (Wildman–Crippen MR) is 118 cm³/mol. The van der Waals surface area contributed by atoms with E-state index in [2.05, 4.69) is 91.0 Å². The molecule has 0 fully saturated rings. The number of fused-ring (bicyclic) bond motifs is 1. The first kappa shape index (κ1) is 17.2. The van der Waals surface area contributed by atoms with E-state index in [1.54, 1.807) is 0 Å². The van der Waals surface area contributed by atoms with Crippen LogP contribution in [0.3, 0.4) is 0 Å². The second kappa shape index (κ2) is 7.26. The highest BCUT2D eigenvalue weighted by Crippen LogP contribution is 2.53. The number of allylic oxidation sites excluding steroid dienone is 1. The summed E-state index contributed by atoms with van der Waals surface area (Å²) in [6, 6.07) is 40.2. The lowest BCUT2D eigenvalue weighted by Gasteiger charge is -2.18. The van der Waals surface area contributed by atoms with Crippen molar-refractivity contribution in [1.82, 2.24) is 0 Å². The van der Waals surface area contributed by atoms with E-state index in [9.17, 15) is 5.26 Å². The summed E-state index contributed by atoms with van der Waals surface area (Å²) in [5.74, 6) is 0.0945. The van der Waals surface area contributed by atoms with E-state index < -0.39 is 0 Å². The molecule has 0 amide bonds. The van der Waals surface area contributed by atoms with Gasteiger partial charge in [-0.25, -0.2) is 0 Å². The molecular weight excluding hydrogens is 350 g/mol. The van der Waals surface area contributed by atoms with E-state index in [1.807, 2.05) is 24.3 Å². The van der Waals surface area contributed by atoms with Crippen molar-refractivity contribution in [2.75, 3.05) is 0 Å². The van der Waals surface area contributed by atoms with Crippen LogP contribution in [0.4, 0.5) is 0 Å². The molecule has 4 aromatic carbocycles. The molecule has 0 bridgehead atoms. The molecule has 1 aliphatic carbocycles. The molecule has 0 saturated carbocycles. The minimum atomic E-state index is 0.0945. The van der Waals surface area contributed by atoms with Gasteiger partial charge in [-0.1, -0.05) is 103 Å². The summed E-state index contributed by atoms with van der Waals surface area (Å²) in [4.78, 5) is 0. The number of benzene rings is 4. The summed E-state index contributed by atoms with van der Waals surface area (Å²) in [6.45, 7) is 0. The zero-order chi connectivity index (χ0) is 19.6. The number of hydrogen-bond acceptors (Lipinski definition) is 1. The van der Waals surface area contributed by atoms with E-state index in [0.29, 0.717) is 0 Å². The van der Waals surface area contributed by atoms with Gasteiger partial charge in [-0.3, -0.25) is 0 Å². The molecule has 0 aliphatic heterocycles. The van der Waals surface area contributed by atoms with Crippen LogP contribution in [0.15, 0.2) is 109 Å². The standard InChI is InChI=1S/C28H19N/c29-19-23-17-10-18-24-25(20-11-4-1-5-12-20)27(21-13-6-2-7-14-21)28(26(23)24)22-15-8-3-9-16-22/h1-18,25H. The molecular formula is C28H19N. The molecule has 0 N–H and O–H groups in total. The van der Waals surface area contributed by atoms with Crippen LogP contribution in [-0.4, -0.2) is 0 Å². The van der Waals surface area contributed by atoms with E-state index in [0.717, 1.165) is 22.3 Å². The lowest BCUT2D eigenvalue weighted by atomic mass is 9.84. The smallest absolute Gasteiger partial charge is 0.0998 e. The maximum atomic E-state index is 9.91. The Morgan fingerprint density at radius 2 is 1.17 bits per heavy atom. The topological polar surface area (TPSA) is 23.8 Å². The number of hydrogen-bond donors (Lipinski definition) is 0. The van der Waals surface area contributed by atoms with Crippen LogP contribution in [-0.2, 0) is 0 Å². The Balaban J connectivity index is 1.91. The summed E-state index contributed by atoms with van der Waals surface area (Å²) in [5, 5.41) is 9.91. The van der Waals surface area contributed by atoms with Crippen LogP contribution in [0.5, 0.6) is 0 Å². The van der Waals surface area contributed by atoms with Crippen LogP contribution < -0.4 is 0 Å². The highest BCUT2D eigenvalue weighted by Gasteiger charge is 2.35. The Labute approximate surface area is 171 Å². The second-order valence-electron chi connectivity index (χ2n) is 7.25. The van der Waals surface area contributed by atoms with Crippen LogP contribution in [0.2, 0.25) is 0 Å². The van der Waals surface area contributed by atoms with Crippen molar-refractivity contribution in [3.63, 3.8) is 0 Å². The third-order valence-electron chi connectivity index (χ3n) is 5.62. The van der Waals surface area contributed by atoms with Gasteiger partial charge in [0.05, 0.1) is 11.6 Å². The monoisotopic (exact) mass is 369 g/mol. The Kier molecular flexibility index (Phi) is 4.31. The summed E-state index contributed by atoms with van der Waals surface area (Å²) in [6.07, 6.45) is 0. The van der Waals surface area contributed by atoms with Crippen molar-refractivity contribution >= 4 is 11.1 Å². The van der Waals surface area contributed by atoms with Crippen LogP contribution in [0.1, 0.15) is 39.3 Å². The maximum absolute atomic E-state index is 9.91. The highest BCUT2D eigenvalue weighted by atomic mass is 14.4. The van der Waals surface area contributed by atoms with Gasteiger partial charge >= 0.3 is 0 Å². The number of nitriles is 1. The fourth-order valence-corrected chi connectivity index (χ4v) is 4.44. The van der Waals surface area contributed by atoms with Gasteiger partial charge in [0.25, 0.3) is 0 Å². The zero-order valence-corrected chi connectivity index (χ0v) is 15.9. The quantitative estimate of drug-likeness (QED) is 0.396. The molecule has 1 heteroatoms. The molecule has 4 aromatic rings. The highest BCUT2D eigenvalue weighted by molar-refractivity contribution is 6.08. The SMILES string of the molecule is N#Cc1cccc2c1C(c1ccccc1)=C(c1ccccc1)C2c1ccccc1. The van der Waals surface area contributed by atoms with Gasteiger partial charge in [-0.05, 0) is 39.5 Å². The van der Waals surface area contributed by atoms with Crippen molar-refractivity contribution in [3.05, 3.63) is 143 Å². The van der Waals surface area contributed by atoms with Crippen molar-refractivity contribution in [2.45, 2.75) is 5.92 Å². The lowest BCUT2D eigenvalue weighted by Crippen LogP contribution is -2.01. The molecule has 0 spiro atoms. The molecule has 0 heterocycles. The first-order chi connectivity index (χ1) is 14.4. The van der Waals surface area contributed by atoms with Gasteiger partial charge in [0.2, 0.25) is 0 Å². The Hall–Kier alpha value is -3.89. The molecule has 29 heavy (non-hydrogen) atoms. The summed E-state index contributed by atoms with van der Waals surface area (Å²) in [5.41, 5.74) is 9.01. The van der Waals surface area contributed by atoms with Crippen molar-refractivity contribution < 1.29 is 0 Å². The maximum Gasteiger partial charge on any atom is 0.0998 e. The average Bonchev–Trinajstić information content (AvgIpc) is 3.16. The van der Waals surface area contributed by atoms with Crippen molar-refractivity contribution in [2.24, 2.45) is 0 Å². The molecule has 136 valence electrons. The van der Waals surface area contributed by atoms with Crippen molar-refractivity contribution in [1.29, 1.82) is 5.26 Å². The molecule has 0 saturated heterocycles. The first-order valence-electron chi connectivity index (χ1n) is 9.82. The van der Waals surface area contributed by atoms with Gasteiger partial charge < -0.3 is 0 Å². The van der Waals surface area contributed by atoms with E-state index >= 15 is 0 Å². The predicted octanol–water partition coefficient (Wildman–Crippen LogP) is 6.66. The third kappa shape index (κ3) is 2.87. The summed E-state index contributed by atoms with van der Waals surface area (Å²) in [7, 11) is 0.